The fourth-order valence-corrected chi connectivity index (χ4v) is 2.19. The number of rotatable bonds is 2. The fraction of sp³-hybridized carbons (Fsp3) is 0.462. The third-order valence-corrected chi connectivity index (χ3v) is 3.16. The summed E-state index contributed by atoms with van der Waals surface area (Å²) < 4.78 is 11.2. The number of aliphatic imine (C=N–C) groups is 1. The SMILES string of the molecule is Nc1ccc2c(c1)NC(=NCC1CCCO1)CO2. The Hall–Kier alpha value is -1.75. The van der Waals surface area contributed by atoms with E-state index in [1.54, 1.807) is 0 Å². The van der Waals surface area contributed by atoms with Crippen LogP contribution in [0.15, 0.2) is 23.2 Å². The van der Waals surface area contributed by atoms with Crippen molar-refractivity contribution in [1.29, 1.82) is 0 Å². The molecule has 3 rings (SSSR count). The third kappa shape index (κ3) is 2.41. The largest absolute Gasteiger partial charge is 0.484 e. The van der Waals surface area contributed by atoms with Crippen molar-refractivity contribution in [1.82, 2.24) is 0 Å². The van der Waals surface area contributed by atoms with Crippen molar-refractivity contribution in [3.63, 3.8) is 0 Å². The highest BCUT2D eigenvalue weighted by molar-refractivity contribution is 6.00. The number of anilines is 2. The van der Waals surface area contributed by atoms with Gasteiger partial charge in [0.15, 0.2) is 0 Å². The maximum atomic E-state index is 5.75. The number of nitrogens with two attached hydrogens (primary N) is 1. The van der Waals surface area contributed by atoms with Gasteiger partial charge in [-0.05, 0) is 31.0 Å². The van der Waals surface area contributed by atoms with E-state index in [2.05, 4.69) is 10.3 Å². The fourth-order valence-electron chi connectivity index (χ4n) is 2.19. The summed E-state index contributed by atoms with van der Waals surface area (Å²) in [6.07, 6.45) is 2.50. The van der Waals surface area contributed by atoms with Gasteiger partial charge in [-0.25, -0.2) is 0 Å². The van der Waals surface area contributed by atoms with Gasteiger partial charge in [-0.2, -0.15) is 0 Å². The summed E-state index contributed by atoms with van der Waals surface area (Å²) in [6, 6.07) is 5.56. The summed E-state index contributed by atoms with van der Waals surface area (Å²) in [4.78, 5) is 4.51. The lowest BCUT2D eigenvalue weighted by molar-refractivity contribution is 0.117. The van der Waals surface area contributed by atoms with Crippen molar-refractivity contribution in [3.05, 3.63) is 18.2 Å². The molecule has 1 atom stereocenters. The van der Waals surface area contributed by atoms with Crippen LogP contribution < -0.4 is 15.8 Å². The number of nitrogens with one attached hydrogen (secondary N) is 1. The third-order valence-electron chi connectivity index (χ3n) is 3.16. The zero-order valence-corrected chi connectivity index (χ0v) is 10.2. The highest BCUT2D eigenvalue weighted by Gasteiger charge is 2.17. The summed E-state index contributed by atoms with van der Waals surface area (Å²) in [5, 5.41) is 3.25. The van der Waals surface area contributed by atoms with Gasteiger partial charge in [0.05, 0.1) is 18.3 Å². The Morgan fingerprint density at radius 3 is 3.22 bits per heavy atom. The Kier molecular flexibility index (Phi) is 3.06. The van der Waals surface area contributed by atoms with Crippen LogP contribution in [0.5, 0.6) is 5.75 Å². The van der Waals surface area contributed by atoms with Gasteiger partial charge in [-0.15, -0.1) is 0 Å². The summed E-state index contributed by atoms with van der Waals surface area (Å²) in [5.41, 5.74) is 7.34. The van der Waals surface area contributed by atoms with Gasteiger partial charge in [-0.3, -0.25) is 4.99 Å². The Bertz CT molecular complexity index is 467. The number of fused-ring (bicyclic) bond motifs is 1. The van der Waals surface area contributed by atoms with E-state index < -0.39 is 0 Å². The second kappa shape index (κ2) is 4.86. The molecule has 0 amide bonds. The number of nitrogen functional groups attached to an aromatic ring is 1. The molecule has 0 saturated carbocycles. The lowest BCUT2D eigenvalue weighted by Gasteiger charge is -2.21. The molecule has 0 aliphatic carbocycles. The number of ether oxygens (including phenoxy) is 2. The van der Waals surface area contributed by atoms with Gasteiger partial charge in [0.1, 0.15) is 18.2 Å². The van der Waals surface area contributed by atoms with E-state index in [9.17, 15) is 0 Å². The molecule has 0 radical (unpaired) electrons. The first-order valence-electron chi connectivity index (χ1n) is 6.25. The first kappa shape index (κ1) is 11.3. The van der Waals surface area contributed by atoms with Crippen LogP contribution in [0.4, 0.5) is 11.4 Å². The van der Waals surface area contributed by atoms with Crippen molar-refractivity contribution in [3.8, 4) is 5.75 Å². The number of nitrogens with zero attached hydrogens (tertiary/aromatic N) is 1. The predicted octanol–water partition coefficient (Wildman–Crippen LogP) is 1.65. The monoisotopic (exact) mass is 247 g/mol. The lowest BCUT2D eigenvalue weighted by atomic mass is 10.2. The summed E-state index contributed by atoms with van der Waals surface area (Å²) in [5.74, 6) is 1.66. The second-order valence-electron chi connectivity index (χ2n) is 4.59. The molecule has 1 fully saturated rings. The van der Waals surface area contributed by atoms with Crippen molar-refractivity contribution >= 4 is 17.2 Å². The summed E-state index contributed by atoms with van der Waals surface area (Å²) in [6.45, 7) is 2.03. The molecule has 18 heavy (non-hydrogen) atoms. The topological polar surface area (TPSA) is 68.9 Å². The van der Waals surface area contributed by atoms with Gasteiger partial charge in [0, 0.05) is 12.3 Å². The van der Waals surface area contributed by atoms with Crippen molar-refractivity contribution in [2.45, 2.75) is 18.9 Å². The van der Waals surface area contributed by atoms with Crippen LogP contribution in [0, 0.1) is 0 Å². The van der Waals surface area contributed by atoms with Gasteiger partial charge in [0.2, 0.25) is 0 Å². The van der Waals surface area contributed by atoms with Crippen LogP contribution in [-0.2, 0) is 4.74 Å². The van der Waals surface area contributed by atoms with E-state index >= 15 is 0 Å². The molecule has 96 valence electrons. The van der Waals surface area contributed by atoms with E-state index in [1.165, 1.54) is 0 Å². The smallest absolute Gasteiger partial charge is 0.146 e. The van der Waals surface area contributed by atoms with E-state index in [1.807, 2.05) is 18.2 Å². The van der Waals surface area contributed by atoms with Gasteiger partial charge in [-0.1, -0.05) is 0 Å². The highest BCUT2D eigenvalue weighted by atomic mass is 16.5. The first-order chi connectivity index (χ1) is 8.81. The average Bonchev–Trinajstić information content (AvgIpc) is 2.89. The Morgan fingerprint density at radius 2 is 2.39 bits per heavy atom. The first-order valence-corrected chi connectivity index (χ1v) is 6.25. The van der Waals surface area contributed by atoms with Gasteiger partial charge in [0.25, 0.3) is 0 Å². The van der Waals surface area contributed by atoms with Crippen molar-refractivity contribution < 1.29 is 9.47 Å². The molecule has 0 bridgehead atoms. The summed E-state index contributed by atoms with van der Waals surface area (Å²) >= 11 is 0. The molecule has 0 spiro atoms. The van der Waals surface area contributed by atoms with Crippen LogP contribution in [-0.4, -0.2) is 31.7 Å². The van der Waals surface area contributed by atoms with Gasteiger partial charge < -0.3 is 20.5 Å². The average molecular weight is 247 g/mol. The number of benzene rings is 1. The maximum absolute atomic E-state index is 5.75. The Labute approximate surface area is 106 Å². The number of amidine groups is 1. The van der Waals surface area contributed by atoms with E-state index in [4.69, 9.17) is 15.2 Å². The molecule has 1 saturated heterocycles. The minimum absolute atomic E-state index is 0.265. The quantitative estimate of drug-likeness (QED) is 0.780. The van der Waals surface area contributed by atoms with E-state index in [0.717, 1.165) is 36.7 Å². The van der Waals surface area contributed by atoms with Crippen LogP contribution in [0.2, 0.25) is 0 Å². The molecule has 1 aromatic carbocycles. The molecule has 1 aromatic rings. The molecule has 5 heteroatoms. The molecule has 0 aromatic heterocycles. The van der Waals surface area contributed by atoms with E-state index in [0.29, 0.717) is 18.8 Å². The molecule has 2 heterocycles. The Balaban J connectivity index is 1.67. The zero-order chi connectivity index (χ0) is 12.4. The molecule has 3 N–H and O–H groups in total. The summed E-state index contributed by atoms with van der Waals surface area (Å²) in [7, 11) is 0. The molecular formula is C13H17N3O2. The molecule has 5 nitrogen and oxygen atoms in total. The minimum Gasteiger partial charge on any atom is -0.484 e. The minimum atomic E-state index is 0.265. The lowest BCUT2D eigenvalue weighted by Crippen LogP contribution is -2.27. The molecular weight excluding hydrogens is 230 g/mol. The van der Waals surface area contributed by atoms with Crippen molar-refractivity contribution in [2.24, 2.45) is 4.99 Å². The Morgan fingerprint density at radius 1 is 1.44 bits per heavy atom. The zero-order valence-electron chi connectivity index (χ0n) is 10.2. The maximum Gasteiger partial charge on any atom is 0.146 e. The van der Waals surface area contributed by atoms with Crippen molar-refractivity contribution in [2.75, 3.05) is 30.8 Å². The number of hydrogen-bond acceptors (Lipinski definition) is 4. The predicted molar refractivity (Wildman–Crippen MR) is 71.2 cm³/mol. The molecule has 1 unspecified atom stereocenters. The van der Waals surface area contributed by atoms with Crippen LogP contribution in [0.25, 0.3) is 0 Å². The highest BCUT2D eigenvalue weighted by Crippen LogP contribution is 2.29. The second-order valence-corrected chi connectivity index (χ2v) is 4.59. The molecule has 2 aliphatic rings. The normalized spacial score (nSPS) is 24.4. The standard InChI is InChI=1S/C13H17N3O2/c14-9-3-4-12-11(6-9)16-13(8-18-12)15-7-10-2-1-5-17-10/h3-4,6,10H,1-2,5,7-8,14H2,(H,15,16). The van der Waals surface area contributed by atoms with Crippen LogP contribution in [0.3, 0.4) is 0 Å². The van der Waals surface area contributed by atoms with Crippen LogP contribution in [0.1, 0.15) is 12.8 Å². The number of hydrogen-bond donors (Lipinski definition) is 2. The van der Waals surface area contributed by atoms with E-state index in [-0.39, 0.29) is 6.10 Å². The van der Waals surface area contributed by atoms with Crippen LogP contribution >= 0.6 is 0 Å². The van der Waals surface area contributed by atoms with Gasteiger partial charge >= 0.3 is 0 Å². The molecule has 2 aliphatic heterocycles.